The maximum absolute atomic E-state index is 2.51. The Labute approximate surface area is 118 Å². The molecule has 1 unspecified atom stereocenters. The van der Waals surface area contributed by atoms with E-state index in [-0.39, 0.29) is 9.52 Å². The Morgan fingerprint density at radius 2 is 1.61 bits per heavy atom. The molecule has 1 heteroatoms. The van der Waals surface area contributed by atoms with Gasteiger partial charge in [0, 0.05) is 9.52 Å². The second-order valence-electron chi connectivity index (χ2n) is 8.94. The lowest BCUT2D eigenvalue weighted by Gasteiger charge is -2.34. The van der Waals surface area contributed by atoms with E-state index < -0.39 is 0 Å². The SMILES string of the molecule is CC(C[SiH2]C1CCCC1)CC(C)(C)CC(C)(C)C. The van der Waals surface area contributed by atoms with Gasteiger partial charge in [-0.15, -0.1) is 0 Å². The summed E-state index contributed by atoms with van der Waals surface area (Å²) in [4.78, 5) is 0. The third-order valence-corrected chi connectivity index (χ3v) is 7.40. The first-order valence-electron chi connectivity index (χ1n) is 8.18. The molecule has 0 spiro atoms. The number of hydrogen-bond acceptors (Lipinski definition) is 0. The highest BCUT2D eigenvalue weighted by Gasteiger charge is 2.27. The standard InChI is InChI=1S/C17H36Si/c1-14(12-18-15-9-7-8-10-15)11-17(5,6)13-16(2,3)4/h14-15H,7-13,18H2,1-6H3. The van der Waals surface area contributed by atoms with E-state index >= 15 is 0 Å². The molecule has 0 saturated heterocycles. The average molecular weight is 269 g/mol. The first-order valence-corrected chi connectivity index (χ1v) is 10.00. The van der Waals surface area contributed by atoms with Gasteiger partial charge in [0.2, 0.25) is 0 Å². The van der Waals surface area contributed by atoms with Crippen molar-refractivity contribution in [2.24, 2.45) is 16.7 Å². The molecule has 0 bridgehead atoms. The lowest BCUT2D eigenvalue weighted by atomic mass is 9.72. The van der Waals surface area contributed by atoms with Crippen LogP contribution in [0.3, 0.4) is 0 Å². The van der Waals surface area contributed by atoms with E-state index in [4.69, 9.17) is 0 Å². The Hall–Kier alpha value is 0.217. The third-order valence-electron chi connectivity index (χ3n) is 4.45. The minimum Gasteiger partial charge on any atom is -0.0628 e. The minimum absolute atomic E-state index is 0.230. The van der Waals surface area contributed by atoms with E-state index in [9.17, 15) is 0 Å². The summed E-state index contributed by atoms with van der Waals surface area (Å²) in [5, 5.41) is 0. The summed E-state index contributed by atoms with van der Waals surface area (Å²) >= 11 is 0. The molecule has 0 aromatic carbocycles. The molecular formula is C17H36Si. The fourth-order valence-corrected chi connectivity index (χ4v) is 6.77. The molecule has 0 heterocycles. The topological polar surface area (TPSA) is 0 Å². The van der Waals surface area contributed by atoms with Crippen LogP contribution in [0.2, 0.25) is 11.6 Å². The van der Waals surface area contributed by atoms with Gasteiger partial charge in [0.25, 0.3) is 0 Å². The largest absolute Gasteiger partial charge is 0.0628 e. The van der Waals surface area contributed by atoms with Gasteiger partial charge in [0.1, 0.15) is 0 Å². The van der Waals surface area contributed by atoms with Crippen LogP contribution in [0.1, 0.15) is 80.1 Å². The van der Waals surface area contributed by atoms with Crippen molar-refractivity contribution in [3.63, 3.8) is 0 Å². The Morgan fingerprint density at radius 3 is 2.11 bits per heavy atom. The molecule has 0 aromatic rings. The van der Waals surface area contributed by atoms with Gasteiger partial charge in [-0.05, 0) is 29.6 Å². The fraction of sp³-hybridized carbons (Fsp3) is 1.00. The van der Waals surface area contributed by atoms with Gasteiger partial charge in [-0.1, -0.05) is 78.8 Å². The fourth-order valence-electron chi connectivity index (χ4n) is 4.37. The third kappa shape index (κ3) is 6.97. The summed E-state index contributed by atoms with van der Waals surface area (Å²) in [6, 6.07) is 1.60. The minimum atomic E-state index is 0.230. The van der Waals surface area contributed by atoms with Gasteiger partial charge < -0.3 is 0 Å². The Morgan fingerprint density at radius 1 is 1.06 bits per heavy atom. The van der Waals surface area contributed by atoms with Crippen LogP contribution in [-0.2, 0) is 0 Å². The molecule has 0 nitrogen and oxygen atoms in total. The average Bonchev–Trinajstić information content (AvgIpc) is 2.61. The van der Waals surface area contributed by atoms with E-state index in [1.54, 1.807) is 18.9 Å². The number of hydrogen-bond donors (Lipinski definition) is 0. The summed E-state index contributed by atoms with van der Waals surface area (Å²) < 4.78 is 0. The summed E-state index contributed by atoms with van der Waals surface area (Å²) in [7, 11) is 0.230. The van der Waals surface area contributed by atoms with Gasteiger partial charge in [-0.25, -0.2) is 0 Å². The van der Waals surface area contributed by atoms with Crippen LogP contribution in [0.5, 0.6) is 0 Å². The molecule has 0 radical (unpaired) electrons. The normalized spacial score (nSPS) is 21.0. The lowest BCUT2D eigenvalue weighted by Crippen LogP contribution is -2.23. The zero-order valence-electron chi connectivity index (χ0n) is 13.8. The molecule has 0 amide bonds. The van der Waals surface area contributed by atoms with Gasteiger partial charge >= 0.3 is 0 Å². The van der Waals surface area contributed by atoms with Crippen LogP contribution in [0, 0.1) is 16.7 Å². The monoisotopic (exact) mass is 268 g/mol. The molecule has 1 atom stereocenters. The van der Waals surface area contributed by atoms with Crippen LogP contribution in [0.15, 0.2) is 0 Å². The summed E-state index contributed by atoms with van der Waals surface area (Å²) in [5.41, 5.74) is 2.21. The van der Waals surface area contributed by atoms with Crippen LogP contribution in [0.25, 0.3) is 0 Å². The zero-order chi connectivity index (χ0) is 13.8. The van der Waals surface area contributed by atoms with Crippen LogP contribution < -0.4 is 0 Å². The molecule has 1 rings (SSSR count). The van der Waals surface area contributed by atoms with Crippen molar-refractivity contribution in [3.8, 4) is 0 Å². The summed E-state index contributed by atoms with van der Waals surface area (Å²) in [6.45, 7) is 14.6. The second kappa shape index (κ2) is 6.59. The van der Waals surface area contributed by atoms with Gasteiger partial charge in [-0.2, -0.15) is 0 Å². The van der Waals surface area contributed by atoms with E-state index in [1.807, 2.05) is 0 Å². The molecule has 108 valence electrons. The van der Waals surface area contributed by atoms with Crippen molar-refractivity contribution in [1.82, 2.24) is 0 Å². The summed E-state index contributed by atoms with van der Waals surface area (Å²) in [6.07, 6.45) is 9.00. The van der Waals surface area contributed by atoms with Crippen LogP contribution >= 0.6 is 0 Å². The Balaban J connectivity index is 2.26. The van der Waals surface area contributed by atoms with Crippen molar-refractivity contribution in [2.75, 3.05) is 0 Å². The highest BCUT2D eigenvalue weighted by atomic mass is 28.2. The summed E-state index contributed by atoms with van der Waals surface area (Å²) in [5.74, 6) is 0.967. The first-order chi connectivity index (χ1) is 8.18. The van der Waals surface area contributed by atoms with E-state index in [1.165, 1.54) is 31.2 Å². The Bertz CT molecular complexity index is 230. The van der Waals surface area contributed by atoms with Gasteiger partial charge in [0.05, 0.1) is 0 Å². The predicted molar refractivity (Wildman–Crippen MR) is 87.2 cm³/mol. The number of rotatable bonds is 6. The molecule has 0 aromatic heterocycles. The molecule has 1 aliphatic carbocycles. The van der Waals surface area contributed by atoms with Crippen molar-refractivity contribution in [2.45, 2.75) is 91.7 Å². The van der Waals surface area contributed by atoms with Crippen LogP contribution in [0.4, 0.5) is 0 Å². The Kier molecular flexibility index (Phi) is 5.96. The lowest BCUT2D eigenvalue weighted by molar-refractivity contribution is 0.179. The van der Waals surface area contributed by atoms with Gasteiger partial charge in [-0.3, -0.25) is 0 Å². The van der Waals surface area contributed by atoms with Crippen molar-refractivity contribution < 1.29 is 0 Å². The molecule has 1 saturated carbocycles. The highest BCUT2D eigenvalue weighted by Crippen LogP contribution is 2.39. The van der Waals surface area contributed by atoms with Crippen molar-refractivity contribution in [3.05, 3.63) is 0 Å². The smallest absolute Gasteiger partial charge is 0.0234 e. The van der Waals surface area contributed by atoms with Crippen LogP contribution in [-0.4, -0.2) is 9.52 Å². The molecular weight excluding hydrogens is 232 g/mol. The molecule has 1 fully saturated rings. The van der Waals surface area contributed by atoms with Crippen molar-refractivity contribution >= 4 is 9.52 Å². The van der Waals surface area contributed by atoms with E-state index in [0.717, 1.165) is 5.92 Å². The highest BCUT2D eigenvalue weighted by molar-refractivity contribution is 6.37. The quantitative estimate of drug-likeness (QED) is 0.564. The molecule has 18 heavy (non-hydrogen) atoms. The van der Waals surface area contributed by atoms with Crippen molar-refractivity contribution in [1.29, 1.82) is 0 Å². The molecule has 0 aliphatic heterocycles. The second-order valence-corrected chi connectivity index (χ2v) is 11.2. The maximum atomic E-state index is 2.51. The van der Waals surface area contributed by atoms with E-state index in [2.05, 4.69) is 41.5 Å². The van der Waals surface area contributed by atoms with E-state index in [0.29, 0.717) is 10.8 Å². The molecule has 1 aliphatic rings. The van der Waals surface area contributed by atoms with Gasteiger partial charge in [0.15, 0.2) is 0 Å². The zero-order valence-corrected chi connectivity index (χ0v) is 15.2. The first kappa shape index (κ1) is 16.3. The molecule has 0 N–H and O–H groups in total. The maximum Gasteiger partial charge on any atom is 0.0234 e. The predicted octanol–water partition coefficient (Wildman–Crippen LogP) is 5.42.